The van der Waals surface area contributed by atoms with Crippen LogP contribution in [0.2, 0.25) is 0 Å². The quantitative estimate of drug-likeness (QED) is 0.507. The molecule has 0 aliphatic rings. The van der Waals surface area contributed by atoms with Crippen LogP contribution in [0.25, 0.3) is 0 Å². The molecule has 1 atom stereocenters. The second-order valence-electron chi connectivity index (χ2n) is 3.45. The lowest BCUT2D eigenvalue weighted by Gasteiger charge is -2.16. The molecule has 0 aliphatic carbocycles. The van der Waals surface area contributed by atoms with Crippen LogP contribution in [-0.4, -0.2) is 6.16 Å². The molecule has 1 unspecified atom stereocenters. The third kappa shape index (κ3) is 6.43. The van der Waals surface area contributed by atoms with Crippen LogP contribution in [0, 0.1) is 5.41 Å². The van der Waals surface area contributed by atoms with Crippen LogP contribution in [0.15, 0.2) is 0 Å². The zero-order valence-corrected chi connectivity index (χ0v) is 7.35. The maximum absolute atomic E-state index is 2.76. The third-order valence-corrected chi connectivity index (χ3v) is 1.54. The van der Waals surface area contributed by atoms with Gasteiger partial charge in [-0.3, -0.25) is 0 Å². The molecule has 0 amide bonds. The molecule has 0 saturated carbocycles. The Morgan fingerprint density at radius 1 is 1.25 bits per heavy atom. The molecule has 0 rings (SSSR count). The van der Waals surface area contributed by atoms with E-state index in [0.717, 1.165) is 0 Å². The van der Waals surface area contributed by atoms with Gasteiger partial charge < -0.3 is 0 Å². The maximum atomic E-state index is 2.76. The van der Waals surface area contributed by atoms with Crippen LogP contribution in [0.4, 0.5) is 0 Å². The first-order valence-corrected chi connectivity index (χ1v) is 4.08. The molecule has 0 aromatic rings. The van der Waals surface area contributed by atoms with Gasteiger partial charge in [0.25, 0.3) is 0 Å². The fourth-order valence-electron chi connectivity index (χ4n) is 0.632. The standard InChI is InChI=1S/C7H17P/c1-7(2,3)5-4-6-8/h4-6,8H2,1-3H3. The monoisotopic (exact) mass is 132 g/mol. The van der Waals surface area contributed by atoms with Crippen molar-refractivity contribution in [2.24, 2.45) is 5.41 Å². The summed E-state index contributed by atoms with van der Waals surface area (Å²) in [6, 6.07) is 0. The summed E-state index contributed by atoms with van der Waals surface area (Å²) in [5.41, 5.74) is 0.538. The highest BCUT2D eigenvalue weighted by molar-refractivity contribution is 7.16. The lowest BCUT2D eigenvalue weighted by molar-refractivity contribution is 0.374. The molecule has 0 spiro atoms. The van der Waals surface area contributed by atoms with Gasteiger partial charge in [-0.2, -0.15) is 0 Å². The van der Waals surface area contributed by atoms with Gasteiger partial charge in [0.05, 0.1) is 0 Å². The zero-order valence-electron chi connectivity index (χ0n) is 6.20. The highest BCUT2D eigenvalue weighted by atomic mass is 31.0. The molecule has 0 aliphatic heterocycles. The van der Waals surface area contributed by atoms with Gasteiger partial charge in [-0.05, 0) is 24.4 Å². The Morgan fingerprint density at radius 2 is 1.75 bits per heavy atom. The van der Waals surface area contributed by atoms with Crippen LogP contribution < -0.4 is 0 Å². The Labute approximate surface area is 55.3 Å². The Hall–Kier alpha value is 0.430. The van der Waals surface area contributed by atoms with Gasteiger partial charge in [0.1, 0.15) is 0 Å². The van der Waals surface area contributed by atoms with Gasteiger partial charge in [0.15, 0.2) is 0 Å². The molecule has 0 aromatic heterocycles. The number of rotatable bonds is 2. The van der Waals surface area contributed by atoms with Crippen molar-refractivity contribution in [3.05, 3.63) is 0 Å². The topological polar surface area (TPSA) is 0 Å². The van der Waals surface area contributed by atoms with Crippen molar-refractivity contribution >= 4 is 9.24 Å². The van der Waals surface area contributed by atoms with Gasteiger partial charge in [0, 0.05) is 0 Å². The molecule has 0 saturated heterocycles. The normalized spacial score (nSPS) is 12.0. The highest BCUT2D eigenvalue weighted by Crippen LogP contribution is 2.20. The molecular weight excluding hydrogens is 115 g/mol. The molecule has 50 valence electrons. The van der Waals surface area contributed by atoms with Gasteiger partial charge in [0.2, 0.25) is 0 Å². The number of hydrogen-bond acceptors (Lipinski definition) is 0. The Kier molecular flexibility index (Phi) is 3.64. The average molecular weight is 132 g/mol. The molecule has 0 aromatic carbocycles. The predicted molar refractivity (Wildman–Crippen MR) is 43.3 cm³/mol. The van der Waals surface area contributed by atoms with E-state index in [1.807, 2.05) is 0 Å². The van der Waals surface area contributed by atoms with Crippen LogP contribution >= 0.6 is 9.24 Å². The minimum Gasteiger partial charge on any atom is -0.138 e. The smallest absolute Gasteiger partial charge is 0.0381 e. The zero-order chi connectivity index (χ0) is 6.62. The van der Waals surface area contributed by atoms with Crippen molar-refractivity contribution in [1.82, 2.24) is 0 Å². The van der Waals surface area contributed by atoms with Crippen LogP contribution in [0.5, 0.6) is 0 Å². The van der Waals surface area contributed by atoms with Gasteiger partial charge in [-0.25, -0.2) is 0 Å². The van der Waals surface area contributed by atoms with E-state index in [-0.39, 0.29) is 0 Å². The summed E-state index contributed by atoms with van der Waals surface area (Å²) in [7, 11) is 2.76. The Morgan fingerprint density at radius 3 is 1.88 bits per heavy atom. The first kappa shape index (κ1) is 8.43. The first-order valence-electron chi connectivity index (χ1n) is 3.26. The van der Waals surface area contributed by atoms with Gasteiger partial charge >= 0.3 is 0 Å². The van der Waals surface area contributed by atoms with Crippen LogP contribution in [0.1, 0.15) is 33.6 Å². The van der Waals surface area contributed by atoms with Crippen molar-refractivity contribution in [1.29, 1.82) is 0 Å². The number of hydrogen-bond donors (Lipinski definition) is 0. The molecule has 0 N–H and O–H groups in total. The van der Waals surface area contributed by atoms with Crippen molar-refractivity contribution in [2.75, 3.05) is 6.16 Å². The summed E-state index contributed by atoms with van der Waals surface area (Å²) >= 11 is 0. The van der Waals surface area contributed by atoms with Crippen molar-refractivity contribution in [3.63, 3.8) is 0 Å². The molecule has 0 heterocycles. The Balaban J connectivity index is 3.11. The van der Waals surface area contributed by atoms with Crippen molar-refractivity contribution < 1.29 is 0 Å². The first-order chi connectivity index (χ1) is 3.56. The van der Waals surface area contributed by atoms with Crippen molar-refractivity contribution in [2.45, 2.75) is 33.6 Å². The van der Waals surface area contributed by atoms with E-state index < -0.39 is 0 Å². The molecule has 1 heteroatoms. The van der Waals surface area contributed by atoms with Gasteiger partial charge in [-0.1, -0.05) is 20.8 Å². The highest BCUT2D eigenvalue weighted by Gasteiger charge is 2.07. The van der Waals surface area contributed by atoms with E-state index in [2.05, 4.69) is 30.0 Å². The minimum atomic E-state index is 0.538. The molecule has 0 fully saturated rings. The van der Waals surface area contributed by atoms with E-state index in [1.54, 1.807) is 0 Å². The van der Waals surface area contributed by atoms with Crippen LogP contribution in [0.3, 0.4) is 0 Å². The average Bonchev–Trinajstić information content (AvgIpc) is 1.59. The minimum absolute atomic E-state index is 0.538. The molecule has 0 radical (unpaired) electrons. The Bertz CT molecular complexity index is 51.9. The predicted octanol–water partition coefficient (Wildman–Crippen LogP) is 2.69. The fraction of sp³-hybridized carbons (Fsp3) is 1.00. The van der Waals surface area contributed by atoms with E-state index in [4.69, 9.17) is 0 Å². The summed E-state index contributed by atoms with van der Waals surface area (Å²) in [6.45, 7) is 6.86. The summed E-state index contributed by atoms with van der Waals surface area (Å²) < 4.78 is 0. The summed E-state index contributed by atoms with van der Waals surface area (Å²) in [5.74, 6) is 0. The van der Waals surface area contributed by atoms with E-state index in [1.165, 1.54) is 19.0 Å². The fourth-order valence-corrected chi connectivity index (χ4v) is 0.837. The summed E-state index contributed by atoms with van der Waals surface area (Å²) in [5, 5.41) is 0. The second kappa shape index (κ2) is 3.45. The SMILES string of the molecule is CC(C)(C)CCCP. The van der Waals surface area contributed by atoms with Crippen molar-refractivity contribution in [3.8, 4) is 0 Å². The molecule has 0 nitrogen and oxygen atoms in total. The van der Waals surface area contributed by atoms with E-state index in [9.17, 15) is 0 Å². The lowest BCUT2D eigenvalue weighted by atomic mass is 9.91. The summed E-state index contributed by atoms with van der Waals surface area (Å²) in [4.78, 5) is 0. The second-order valence-corrected chi connectivity index (χ2v) is 4.03. The largest absolute Gasteiger partial charge is 0.138 e. The molecule has 8 heavy (non-hydrogen) atoms. The van der Waals surface area contributed by atoms with Gasteiger partial charge in [-0.15, -0.1) is 9.24 Å². The summed E-state index contributed by atoms with van der Waals surface area (Å²) in [6.07, 6.45) is 3.93. The maximum Gasteiger partial charge on any atom is -0.0381 e. The molecule has 0 bridgehead atoms. The lowest BCUT2D eigenvalue weighted by Crippen LogP contribution is -2.03. The van der Waals surface area contributed by atoms with Crippen LogP contribution in [-0.2, 0) is 0 Å². The third-order valence-electron chi connectivity index (χ3n) is 1.13. The van der Waals surface area contributed by atoms with E-state index in [0.29, 0.717) is 5.41 Å². The molecular formula is C7H17P. The van der Waals surface area contributed by atoms with E-state index >= 15 is 0 Å².